The highest BCUT2D eigenvalue weighted by Gasteiger charge is 2.31. The predicted molar refractivity (Wildman–Crippen MR) is 95.4 cm³/mol. The van der Waals surface area contributed by atoms with Gasteiger partial charge in [0.2, 0.25) is 0 Å². The van der Waals surface area contributed by atoms with Crippen LogP contribution in [0.4, 0.5) is 0 Å². The Morgan fingerprint density at radius 2 is 1.92 bits per heavy atom. The minimum absolute atomic E-state index is 0.0470. The zero-order valence-corrected chi connectivity index (χ0v) is 14.2. The zero-order chi connectivity index (χ0) is 17.8. The summed E-state index contributed by atoms with van der Waals surface area (Å²) in [5.74, 6) is 0.0294. The molecule has 6 heteroatoms. The van der Waals surface area contributed by atoms with Gasteiger partial charge in [0.25, 0.3) is 5.91 Å². The van der Waals surface area contributed by atoms with Crippen LogP contribution in [0.15, 0.2) is 65.6 Å². The van der Waals surface area contributed by atoms with Gasteiger partial charge in [-0.25, -0.2) is 0 Å². The number of nitrogens with one attached hydrogen (secondary N) is 1. The summed E-state index contributed by atoms with van der Waals surface area (Å²) in [6, 6.07) is 13.5. The molecule has 6 nitrogen and oxygen atoms in total. The number of hydrogen-bond acceptors (Lipinski definition) is 5. The van der Waals surface area contributed by atoms with E-state index in [-0.39, 0.29) is 17.9 Å². The molecule has 0 radical (unpaired) electrons. The Morgan fingerprint density at radius 3 is 2.73 bits per heavy atom. The van der Waals surface area contributed by atoms with Crippen molar-refractivity contribution < 1.29 is 14.1 Å². The van der Waals surface area contributed by atoms with Crippen LogP contribution in [0.5, 0.6) is 0 Å². The van der Waals surface area contributed by atoms with Crippen LogP contribution in [0.3, 0.4) is 0 Å². The summed E-state index contributed by atoms with van der Waals surface area (Å²) >= 11 is 0. The first-order valence-corrected chi connectivity index (χ1v) is 8.58. The SMILES string of the molecule is O=C(N[C@@H]1COC[C@H]1Cc1ccncc1)c1conc1-c1ccccc1. The van der Waals surface area contributed by atoms with Crippen LogP contribution in [0.25, 0.3) is 11.3 Å². The number of nitrogens with zero attached hydrogens (tertiary/aromatic N) is 2. The molecule has 0 spiro atoms. The Kier molecular flexibility index (Phi) is 4.75. The molecule has 0 aliphatic carbocycles. The molecule has 1 N–H and O–H groups in total. The van der Waals surface area contributed by atoms with Crippen LogP contribution >= 0.6 is 0 Å². The van der Waals surface area contributed by atoms with Crippen molar-refractivity contribution in [1.82, 2.24) is 15.5 Å². The molecule has 132 valence electrons. The third kappa shape index (κ3) is 3.50. The number of rotatable bonds is 5. The first-order chi connectivity index (χ1) is 12.8. The van der Waals surface area contributed by atoms with E-state index in [1.54, 1.807) is 12.4 Å². The van der Waals surface area contributed by atoms with Crippen LogP contribution in [-0.2, 0) is 11.2 Å². The lowest BCUT2D eigenvalue weighted by Crippen LogP contribution is -2.40. The van der Waals surface area contributed by atoms with Crippen LogP contribution in [-0.4, -0.2) is 35.3 Å². The summed E-state index contributed by atoms with van der Waals surface area (Å²) in [5.41, 5.74) is 3.02. The van der Waals surface area contributed by atoms with E-state index in [0.717, 1.165) is 12.0 Å². The van der Waals surface area contributed by atoms with E-state index in [1.807, 2.05) is 42.5 Å². The molecule has 26 heavy (non-hydrogen) atoms. The minimum atomic E-state index is -0.194. The highest BCUT2D eigenvalue weighted by atomic mass is 16.5. The van der Waals surface area contributed by atoms with E-state index in [9.17, 15) is 4.79 Å². The number of aromatic nitrogens is 2. The standard InChI is InChI=1S/C20H19N3O3/c24-20(17-12-26-23-19(17)15-4-2-1-3-5-15)22-18-13-25-11-16(18)10-14-6-8-21-9-7-14/h1-9,12,16,18H,10-11,13H2,(H,22,24)/t16-,18-/m1/s1. The lowest BCUT2D eigenvalue weighted by molar-refractivity contribution is 0.0925. The Balaban J connectivity index is 1.47. The summed E-state index contributed by atoms with van der Waals surface area (Å²) in [6.45, 7) is 1.13. The molecular weight excluding hydrogens is 330 g/mol. The Labute approximate surface area is 151 Å². The van der Waals surface area contributed by atoms with E-state index in [1.165, 1.54) is 11.8 Å². The normalized spacial score (nSPS) is 19.4. The van der Waals surface area contributed by atoms with Crippen molar-refractivity contribution in [1.29, 1.82) is 0 Å². The molecule has 4 rings (SSSR count). The minimum Gasteiger partial charge on any atom is -0.379 e. The van der Waals surface area contributed by atoms with Gasteiger partial charge in [0.15, 0.2) is 0 Å². The number of ether oxygens (including phenoxy) is 1. The van der Waals surface area contributed by atoms with Crippen LogP contribution < -0.4 is 5.32 Å². The largest absolute Gasteiger partial charge is 0.379 e. The summed E-state index contributed by atoms with van der Waals surface area (Å²) in [4.78, 5) is 16.8. The van der Waals surface area contributed by atoms with Gasteiger partial charge in [0, 0.05) is 23.9 Å². The second-order valence-electron chi connectivity index (χ2n) is 6.38. The summed E-state index contributed by atoms with van der Waals surface area (Å²) in [5, 5.41) is 7.08. The van der Waals surface area contributed by atoms with Crippen molar-refractivity contribution >= 4 is 5.91 Å². The summed E-state index contributed by atoms with van der Waals surface area (Å²) < 4.78 is 10.7. The lowest BCUT2D eigenvalue weighted by atomic mass is 9.95. The number of pyridine rings is 1. The molecule has 2 aromatic heterocycles. The molecule has 1 fully saturated rings. The number of carbonyl (C=O) groups excluding carboxylic acids is 1. The number of benzene rings is 1. The van der Waals surface area contributed by atoms with Gasteiger partial charge in [-0.05, 0) is 24.1 Å². The van der Waals surface area contributed by atoms with Gasteiger partial charge >= 0.3 is 0 Å². The molecule has 3 aromatic rings. The monoisotopic (exact) mass is 349 g/mol. The van der Waals surface area contributed by atoms with Crippen molar-refractivity contribution in [3.63, 3.8) is 0 Å². The molecule has 1 aliphatic heterocycles. The van der Waals surface area contributed by atoms with Gasteiger partial charge in [-0.2, -0.15) is 0 Å². The van der Waals surface area contributed by atoms with Gasteiger partial charge in [-0.3, -0.25) is 9.78 Å². The van der Waals surface area contributed by atoms with Crippen molar-refractivity contribution in [2.75, 3.05) is 13.2 Å². The highest BCUT2D eigenvalue weighted by molar-refractivity contribution is 5.99. The predicted octanol–water partition coefficient (Wildman–Crippen LogP) is 2.72. The molecule has 0 saturated carbocycles. The van der Waals surface area contributed by atoms with Crippen LogP contribution in [0.2, 0.25) is 0 Å². The van der Waals surface area contributed by atoms with E-state index >= 15 is 0 Å². The highest BCUT2D eigenvalue weighted by Crippen LogP contribution is 2.23. The number of carbonyl (C=O) groups is 1. The Bertz CT molecular complexity index is 864. The maximum atomic E-state index is 12.8. The fourth-order valence-electron chi connectivity index (χ4n) is 3.23. The Morgan fingerprint density at radius 1 is 1.12 bits per heavy atom. The maximum Gasteiger partial charge on any atom is 0.257 e. The quantitative estimate of drug-likeness (QED) is 0.766. The van der Waals surface area contributed by atoms with Gasteiger partial charge in [-0.15, -0.1) is 0 Å². The smallest absolute Gasteiger partial charge is 0.257 e. The van der Waals surface area contributed by atoms with Crippen molar-refractivity contribution in [3.05, 3.63) is 72.2 Å². The average molecular weight is 349 g/mol. The molecule has 1 amide bonds. The van der Waals surface area contributed by atoms with Crippen molar-refractivity contribution in [3.8, 4) is 11.3 Å². The zero-order valence-electron chi connectivity index (χ0n) is 14.2. The van der Waals surface area contributed by atoms with Gasteiger partial charge < -0.3 is 14.6 Å². The fraction of sp³-hybridized carbons (Fsp3) is 0.250. The topological polar surface area (TPSA) is 77.2 Å². The van der Waals surface area contributed by atoms with Crippen molar-refractivity contribution in [2.45, 2.75) is 12.5 Å². The summed E-state index contributed by atoms with van der Waals surface area (Å²) in [7, 11) is 0. The van der Waals surface area contributed by atoms with E-state index < -0.39 is 0 Å². The molecule has 1 aromatic carbocycles. The van der Waals surface area contributed by atoms with E-state index in [0.29, 0.717) is 24.5 Å². The molecule has 0 unspecified atom stereocenters. The second-order valence-corrected chi connectivity index (χ2v) is 6.38. The third-order valence-corrected chi connectivity index (χ3v) is 4.62. The molecule has 3 heterocycles. The Hall–Kier alpha value is -2.99. The molecule has 1 saturated heterocycles. The van der Waals surface area contributed by atoms with E-state index in [4.69, 9.17) is 9.26 Å². The van der Waals surface area contributed by atoms with Gasteiger partial charge in [0.1, 0.15) is 17.5 Å². The summed E-state index contributed by atoms with van der Waals surface area (Å²) in [6.07, 6.45) is 5.79. The molecule has 2 atom stereocenters. The van der Waals surface area contributed by atoms with Crippen LogP contribution in [0.1, 0.15) is 15.9 Å². The third-order valence-electron chi connectivity index (χ3n) is 4.62. The number of amides is 1. The molecule has 1 aliphatic rings. The van der Waals surface area contributed by atoms with Crippen LogP contribution in [0, 0.1) is 5.92 Å². The second kappa shape index (κ2) is 7.49. The average Bonchev–Trinajstić information content (AvgIpc) is 3.33. The van der Waals surface area contributed by atoms with E-state index in [2.05, 4.69) is 15.5 Å². The number of hydrogen-bond donors (Lipinski definition) is 1. The van der Waals surface area contributed by atoms with Gasteiger partial charge in [-0.1, -0.05) is 35.5 Å². The molecule has 0 bridgehead atoms. The maximum absolute atomic E-state index is 12.8. The fourth-order valence-corrected chi connectivity index (χ4v) is 3.23. The first kappa shape index (κ1) is 16.5. The molecular formula is C20H19N3O3. The lowest BCUT2D eigenvalue weighted by Gasteiger charge is -2.19. The van der Waals surface area contributed by atoms with Gasteiger partial charge in [0.05, 0.1) is 19.3 Å². The van der Waals surface area contributed by atoms with Crippen molar-refractivity contribution in [2.24, 2.45) is 5.92 Å². The first-order valence-electron chi connectivity index (χ1n) is 8.58.